The van der Waals surface area contributed by atoms with Crippen molar-refractivity contribution < 1.29 is 14.1 Å². The van der Waals surface area contributed by atoms with Crippen molar-refractivity contribution in [2.24, 2.45) is 11.7 Å². The highest BCUT2D eigenvalue weighted by atomic mass is 32.2. The first-order valence-corrected chi connectivity index (χ1v) is 6.48. The predicted molar refractivity (Wildman–Crippen MR) is 65.2 cm³/mol. The zero-order valence-electron chi connectivity index (χ0n) is 10.3. The van der Waals surface area contributed by atoms with Gasteiger partial charge in [-0.2, -0.15) is 0 Å². The Bertz CT molecular complexity index is 286. The van der Waals surface area contributed by atoms with E-state index in [2.05, 4.69) is 0 Å². The molecule has 0 saturated carbocycles. The molecule has 4 nitrogen and oxygen atoms in total. The van der Waals surface area contributed by atoms with Crippen LogP contribution in [0.5, 0.6) is 0 Å². The van der Waals surface area contributed by atoms with Crippen LogP contribution in [0.25, 0.3) is 0 Å². The summed E-state index contributed by atoms with van der Waals surface area (Å²) in [6.45, 7) is 7.78. The van der Waals surface area contributed by atoms with E-state index in [1.54, 1.807) is 0 Å². The second-order valence-corrected chi connectivity index (χ2v) is 5.56. The number of amides is 1. The molecule has 0 aromatic carbocycles. The standard InChI is InChI=1S/C11H21NO3S/c1-5-10(3)7(9(12)13)8(16-14)11(4,6-2)15-10/h7-8,14H,5-6H2,1-4H3,(H2,12,13). The third kappa shape index (κ3) is 1.96. The normalized spacial score (nSPS) is 43.6. The van der Waals surface area contributed by atoms with Crippen molar-refractivity contribution in [3.63, 3.8) is 0 Å². The molecule has 0 bridgehead atoms. The van der Waals surface area contributed by atoms with Gasteiger partial charge in [-0.15, -0.1) is 0 Å². The van der Waals surface area contributed by atoms with Gasteiger partial charge in [-0.3, -0.25) is 4.79 Å². The summed E-state index contributed by atoms with van der Waals surface area (Å²) in [5.74, 6) is -0.842. The highest BCUT2D eigenvalue weighted by molar-refractivity contribution is 7.94. The summed E-state index contributed by atoms with van der Waals surface area (Å²) in [4.78, 5) is 11.6. The number of carbonyl (C=O) groups is 1. The summed E-state index contributed by atoms with van der Waals surface area (Å²) >= 11 is 0.692. The minimum absolute atomic E-state index is 0.292. The summed E-state index contributed by atoms with van der Waals surface area (Å²) in [6, 6.07) is 0. The van der Waals surface area contributed by atoms with Crippen molar-refractivity contribution in [1.29, 1.82) is 0 Å². The van der Waals surface area contributed by atoms with Crippen molar-refractivity contribution in [1.82, 2.24) is 0 Å². The van der Waals surface area contributed by atoms with E-state index in [9.17, 15) is 9.35 Å². The van der Waals surface area contributed by atoms with Crippen LogP contribution in [0.4, 0.5) is 0 Å². The summed E-state index contributed by atoms with van der Waals surface area (Å²) in [5.41, 5.74) is 4.38. The molecule has 0 aliphatic carbocycles. The zero-order chi connectivity index (χ0) is 12.6. The molecule has 1 saturated heterocycles. The first-order chi connectivity index (χ1) is 7.34. The molecule has 1 aliphatic heterocycles. The third-order valence-corrected chi connectivity index (χ3v) is 4.85. The van der Waals surface area contributed by atoms with Crippen LogP contribution < -0.4 is 5.73 Å². The summed E-state index contributed by atoms with van der Waals surface area (Å²) in [7, 11) is 0. The van der Waals surface area contributed by atoms with Gasteiger partial charge in [0.05, 0.1) is 22.4 Å². The first kappa shape index (κ1) is 13.8. The number of primary amides is 1. The Morgan fingerprint density at radius 3 is 2.19 bits per heavy atom. The molecule has 1 rings (SSSR count). The van der Waals surface area contributed by atoms with Gasteiger partial charge in [0.15, 0.2) is 0 Å². The average molecular weight is 247 g/mol. The maximum atomic E-state index is 11.6. The molecule has 3 N–H and O–H groups in total. The van der Waals surface area contributed by atoms with E-state index in [0.717, 1.165) is 6.42 Å². The van der Waals surface area contributed by atoms with Gasteiger partial charge in [0.25, 0.3) is 0 Å². The van der Waals surface area contributed by atoms with Crippen LogP contribution in [-0.2, 0) is 9.53 Å². The second kappa shape index (κ2) is 4.55. The Morgan fingerprint density at radius 1 is 1.38 bits per heavy atom. The lowest BCUT2D eigenvalue weighted by Gasteiger charge is -2.30. The molecule has 0 spiro atoms. The fourth-order valence-corrected chi connectivity index (χ4v) is 3.50. The fourth-order valence-electron chi connectivity index (χ4n) is 2.51. The molecule has 5 heteroatoms. The smallest absolute Gasteiger partial charge is 0.224 e. The van der Waals surface area contributed by atoms with Crippen LogP contribution in [0.1, 0.15) is 40.5 Å². The second-order valence-electron chi connectivity index (χ2n) is 4.84. The van der Waals surface area contributed by atoms with Crippen LogP contribution in [0, 0.1) is 5.92 Å². The summed E-state index contributed by atoms with van der Waals surface area (Å²) in [6.07, 6.45) is 1.44. The Labute approximate surface area is 101 Å². The molecular weight excluding hydrogens is 226 g/mol. The lowest BCUT2D eigenvalue weighted by Crippen LogP contribution is -2.43. The molecule has 0 aromatic rings. The topological polar surface area (TPSA) is 72.5 Å². The SMILES string of the molecule is CCC1(C)OC(C)(CC)C(C(N)=O)C1SO. The number of carbonyl (C=O) groups excluding carboxylic acids is 1. The van der Waals surface area contributed by atoms with Gasteiger partial charge in [0.1, 0.15) is 0 Å². The Morgan fingerprint density at radius 2 is 1.88 bits per heavy atom. The quantitative estimate of drug-likeness (QED) is 0.746. The van der Waals surface area contributed by atoms with Crippen LogP contribution in [0.3, 0.4) is 0 Å². The third-order valence-electron chi connectivity index (χ3n) is 3.85. The van der Waals surface area contributed by atoms with E-state index in [1.807, 2.05) is 27.7 Å². The van der Waals surface area contributed by atoms with E-state index < -0.39 is 23.0 Å². The van der Waals surface area contributed by atoms with Gasteiger partial charge in [0, 0.05) is 0 Å². The molecule has 1 aliphatic rings. The number of hydrogen-bond acceptors (Lipinski definition) is 4. The average Bonchev–Trinajstić information content (AvgIpc) is 2.47. The van der Waals surface area contributed by atoms with Crippen LogP contribution in [0.15, 0.2) is 0 Å². The molecule has 0 radical (unpaired) electrons. The number of rotatable bonds is 4. The Kier molecular flexibility index (Phi) is 3.92. The van der Waals surface area contributed by atoms with Crippen molar-refractivity contribution >= 4 is 17.9 Å². The van der Waals surface area contributed by atoms with E-state index >= 15 is 0 Å². The maximum Gasteiger partial charge on any atom is 0.224 e. The van der Waals surface area contributed by atoms with Gasteiger partial charge >= 0.3 is 0 Å². The molecule has 1 heterocycles. The lowest BCUT2D eigenvalue weighted by atomic mass is 9.82. The zero-order valence-corrected chi connectivity index (χ0v) is 11.1. The number of ether oxygens (including phenoxy) is 1. The van der Waals surface area contributed by atoms with Crippen molar-refractivity contribution in [2.45, 2.75) is 57.0 Å². The van der Waals surface area contributed by atoms with Gasteiger partial charge in [-0.25, -0.2) is 0 Å². The highest BCUT2D eigenvalue weighted by Gasteiger charge is 2.59. The monoisotopic (exact) mass is 247 g/mol. The largest absolute Gasteiger partial charge is 0.369 e. The van der Waals surface area contributed by atoms with Gasteiger partial charge in [-0.05, 0) is 38.7 Å². The highest BCUT2D eigenvalue weighted by Crippen LogP contribution is 2.50. The van der Waals surface area contributed by atoms with Crippen molar-refractivity contribution in [3.05, 3.63) is 0 Å². The Balaban J connectivity index is 3.15. The van der Waals surface area contributed by atoms with Crippen LogP contribution >= 0.6 is 12.0 Å². The van der Waals surface area contributed by atoms with E-state index in [4.69, 9.17) is 10.5 Å². The molecular formula is C11H21NO3S. The van der Waals surface area contributed by atoms with Gasteiger partial charge < -0.3 is 15.0 Å². The Hall–Kier alpha value is -0.260. The lowest BCUT2D eigenvalue weighted by molar-refractivity contribution is -0.131. The predicted octanol–water partition coefficient (Wildman–Crippen LogP) is 2.03. The molecule has 16 heavy (non-hydrogen) atoms. The van der Waals surface area contributed by atoms with E-state index in [1.165, 1.54) is 0 Å². The first-order valence-electron chi connectivity index (χ1n) is 5.64. The van der Waals surface area contributed by atoms with Gasteiger partial charge in [0.2, 0.25) is 5.91 Å². The molecule has 94 valence electrons. The minimum atomic E-state index is -0.572. The molecule has 4 atom stereocenters. The van der Waals surface area contributed by atoms with Crippen molar-refractivity contribution in [3.8, 4) is 0 Å². The van der Waals surface area contributed by atoms with Crippen LogP contribution in [-0.4, -0.2) is 26.9 Å². The van der Waals surface area contributed by atoms with E-state index in [0.29, 0.717) is 18.5 Å². The fraction of sp³-hybridized carbons (Fsp3) is 0.909. The summed E-state index contributed by atoms with van der Waals surface area (Å²) < 4.78 is 15.4. The van der Waals surface area contributed by atoms with Gasteiger partial charge in [-0.1, -0.05) is 13.8 Å². The number of nitrogens with two attached hydrogens (primary N) is 1. The van der Waals surface area contributed by atoms with E-state index in [-0.39, 0.29) is 5.25 Å². The minimum Gasteiger partial charge on any atom is -0.369 e. The molecule has 4 unspecified atom stereocenters. The number of hydrogen-bond donors (Lipinski definition) is 2. The maximum absolute atomic E-state index is 11.6. The molecule has 1 amide bonds. The summed E-state index contributed by atoms with van der Waals surface area (Å²) in [5, 5.41) is -0.292. The molecule has 0 aromatic heterocycles. The van der Waals surface area contributed by atoms with Crippen LogP contribution in [0.2, 0.25) is 0 Å². The molecule has 1 fully saturated rings. The van der Waals surface area contributed by atoms with Crippen molar-refractivity contribution in [2.75, 3.05) is 0 Å².